The van der Waals surface area contributed by atoms with E-state index in [2.05, 4.69) is 26.3 Å². The van der Waals surface area contributed by atoms with Crippen LogP contribution >= 0.6 is 0 Å². The van der Waals surface area contributed by atoms with Gasteiger partial charge in [-0.25, -0.2) is 4.79 Å². The molecular weight excluding hydrogens is 304 g/mol. The summed E-state index contributed by atoms with van der Waals surface area (Å²) in [4.78, 5) is 32.9. The summed E-state index contributed by atoms with van der Waals surface area (Å²) in [7, 11) is 0. The number of fused-ring (bicyclic) bond motifs is 1. The fourth-order valence-corrected chi connectivity index (χ4v) is 3.16. The average molecular weight is 322 g/mol. The van der Waals surface area contributed by atoms with Crippen molar-refractivity contribution >= 4 is 16.9 Å². The fraction of sp³-hybridized carbons (Fsp3) is 0.278. The number of nitrogens with zero attached hydrogens (tertiary/aromatic N) is 1. The molecule has 1 amide bonds. The minimum absolute atomic E-state index is 0.00377. The highest BCUT2D eigenvalue weighted by molar-refractivity contribution is 5.81. The van der Waals surface area contributed by atoms with Crippen LogP contribution < -0.4 is 11.0 Å². The van der Waals surface area contributed by atoms with Crippen molar-refractivity contribution in [1.82, 2.24) is 20.3 Å². The highest BCUT2D eigenvalue weighted by atomic mass is 16.1. The molecule has 3 aromatic rings. The molecule has 6 heteroatoms. The van der Waals surface area contributed by atoms with Crippen LogP contribution in [0.2, 0.25) is 0 Å². The molecule has 122 valence electrons. The van der Waals surface area contributed by atoms with Crippen LogP contribution in [0.4, 0.5) is 0 Å². The molecule has 0 saturated heterocycles. The van der Waals surface area contributed by atoms with E-state index >= 15 is 0 Å². The zero-order valence-electron chi connectivity index (χ0n) is 13.1. The molecule has 0 spiro atoms. The molecule has 0 radical (unpaired) electrons. The highest BCUT2D eigenvalue weighted by Crippen LogP contribution is 2.46. The van der Waals surface area contributed by atoms with Crippen LogP contribution in [-0.4, -0.2) is 27.4 Å². The smallest absolute Gasteiger partial charge is 0.323 e. The number of hydrogen-bond donors (Lipinski definition) is 3. The number of aromatic nitrogens is 3. The first kappa shape index (κ1) is 14.7. The van der Waals surface area contributed by atoms with Gasteiger partial charge in [0, 0.05) is 18.9 Å². The molecule has 6 nitrogen and oxygen atoms in total. The van der Waals surface area contributed by atoms with Gasteiger partial charge in [0.2, 0.25) is 5.91 Å². The molecule has 0 bridgehead atoms. The maximum Gasteiger partial charge on any atom is 0.323 e. The Morgan fingerprint density at radius 2 is 2.12 bits per heavy atom. The van der Waals surface area contributed by atoms with Crippen molar-refractivity contribution in [2.75, 3.05) is 6.54 Å². The summed E-state index contributed by atoms with van der Waals surface area (Å²) in [6, 6.07) is 9.55. The van der Waals surface area contributed by atoms with Gasteiger partial charge in [0.25, 0.3) is 0 Å². The largest absolute Gasteiger partial charge is 0.356 e. The number of carbonyl (C=O) groups is 1. The van der Waals surface area contributed by atoms with Gasteiger partial charge in [0.1, 0.15) is 0 Å². The van der Waals surface area contributed by atoms with Crippen molar-refractivity contribution in [2.24, 2.45) is 5.92 Å². The van der Waals surface area contributed by atoms with E-state index in [1.165, 1.54) is 5.56 Å². The summed E-state index contributed by atoms with van der Waals surface area (Å²) in [5.41, 5.74) is 3.38. The van der Waals surface area contributed by atoms with Crippen LogP contribution in [0.25, 0.3) is 11.0 Å². The Kier molecular flexibility index (Phi) is 3.65. The molecule has 24 heavy (non-hydrogen) atoms. The molecule has 1 saturated carbocycles. The van der Waals surface area contributed by atoms with E-state index in [0.717, 1.165) is 23.0 Å². The summed E-state index contributed by atoms with van der Waals surface area (Å²) >= 11 is 0. The summed E-state index contributed by atoms with van der Waals surface area (Å²) < 4.78 is 0. The van der Waals surface area contributed by atoms with Crippen molar-refractivity contribution in [2.45, 2.75) is 18.8 Å². The van der Waals surface area contributed by atoms with E-state index in [9.17, 15) is 9.59 Å². The third kappa shape index (κ3) is 3.08. The van der Waals surface area contributed by atoms with Crippen LogP contribution in [0.5, 0.6) is 0 Å². The van der Waals surface area contributed by atoms with Gasteiger partial charge in [-0.3, -0.25) is 9.78 Å². The lowest BCUT2D eigenvalue weighted by Crippen LogP contribution is -2.27. The number of pyridine rings is 1. The van der Waals surface area contributed by atoms with E-state index in [-0.39, 0.29) is 11.6 Å². The maximum absolute atomic E-state index is 12.1. The number of benzene rings is 1. The molecule has 2 atom stereocenters. The minimum atomic E-state index is -0.234. The lowest BCUT2D eigenvalue weighted by molar-refractivity contribution is -0.120. The van der Waals surface area contributed by atoms with Gasteiger partial charge >= 0.3 is 5.69 Å². The lowest BCUT2D eigenvalue weighted by Gasteiger charge is -2.05. The van der Waals surface area contributed by atoms with Gasteiger partial charge in [-0.2, -0.15) is 0 Å². The lowest BCUT2D eigenvalue weighted by atomic mass is 10.1. The van der Waals surface area contributed by atoms with E-state index in [4.69, 9.17) is 0 Å². The van der Waals surface area contributed by atoms with Crippen LogP contribution in [0.15, 0.2) is 47.5 Å². The Hall–Kier alpha value is -2.89. The Morgan fingerprint density at radius 3 is 2.96 bits per heavy atom. The molecule has 4 rings (SSSR count). The van der Waals surface area contributed by atoms with Crippen molar-refractivity contribution in [3.8, 4) is 0 Å². The fourth-order valence-electron chi connectivity index (χ4n) is 3.16. The van der Waals surface area contributed by atoms with Crippen LogP contribution in [0, 0.1) is 5.92 Å². The Morgan fingerprint density at radius 1 is 1.25 bits per heavy atom. The Labute approximate surface area is 138 Å². The molecule has 0 aliphatic heterocycles. The second-order valence-corrected chi connectivity index (χ2v) is 6.33. The summed E-state index contributed by atoms with van der Waals surface area (Å²) in [5, 5.41) is 3.01. The third-order valence-electron chi connectivity index (χ3n) is 4.54. The Balaban J connectivity index is 1.31. The molecule has 1 fully saturated rings. The first-order chi connectivity index (χ1) is 11.7. The quantitative estimate of drug-likeness (QED) is 0.668. The third-order valence-corrected chi connectivity index (χ3v) is 4.54. The molecule has 0 unspecified atom stereocenters. The summed E-state index contributed by atoms with van der Waals surface area (Å²) in [6.07, 6.45) is 5.09. The van der Waals surface area contributed by atoms with Crippen LogP contribution in [0.1, 0.15) is 23.5 Å². The molecule has 1 aromatic carbocycles. The summed E-state index contributed by atoms with van der Waals surface area (Å²) in [6.45, 7) is 0.696. The van der Waals surface area contributed by atoms with Gasteiger partial charge in [-0.15, -0.1) is 0 Å². The standard InChI is InChI=1S/C18H18N4O2/c23-17(7-11-3-4-15-16(6-11)22-18(24)21-15)20-10-13-8-14(13)12-2-1-5-19-9-12/h1-6,9,13-14H,7-8,10H2,(H,20,23)(H2,21,22,24)/t13-,14-/m0/s1. The second-order valence-electron chi connectivity index (χ2n) is 6.33. The molecule has 2 heterocycles. The van der Waals surface area contributed by atoms with Crippen LogP contribution in [-0.2, 0) is 11.2 Å². The molecule has 3 N–H and O–H groups in total. The number of hydrogen-bond acceptors (Lipinski definition) is 3. The molecule has 1 aliphatic carbocycles. The molecular formula is C18H18N4O2. The second kappa shape index (κ2) is 5.96. The summed E-state index contributed by atoms with van der Waals surface area (Å²) in [5.74, 6) is 1.02. The van der Waals surface area contributed by atoms with E-state index in [1.807, 2.05) is 30.5 Å². The van der Waals surface area contributed by atoms with Crippen molar-refractivity contribution in [3.05, 3.63) is 64.3 Å². The SMILES string of the molecule is O=C(Cc1ccc2[nH]c(=O)[nH]c2c1)NC[C@@H]1C[C@H]1c1cccnc1. The highest BCUT2D eigenvalue weighted by Gasteiger charge is 2.38. The monoisotopic (exact) mass is 322 g/mol. The first-order valence-electron chi connectivity index (χ1n) is 8.06. The predicted molar refractivity (Wildman–Crippen MR) is 90.7 cm³/mol. The molecule has 1 aliphatic rings. The number of amides is 1. The van der Waals surface area contributed by atoms with Gasteiger partial charge < -0.3 is 15.3 Å². The number of carbonyl (C=O) groups excluding carboxylic acids is 1. The maximum atomic E-state index is 12.1. The molecule has 2 aromatic heterocycles. The van der Waals surface area contributed by atoms with Crippen LogP contribution in [0.3, 0.4) is 0 Å². The van der Waals surface area contributed by atoms with E-state index in [1.54, 1.807) is 6.20 Å². The first-order valence-corrected chi connectivity index (χ1v) is 8.06. The number of aromatic amines is 2. The van der Waals surface area contributed by atoms with E-state index < -0.39 is 0 Å². The normalized spacial score (nSPS) is 19.3. The van der Waals surface area contributed by atoms with Gasteiger partial charge in [0.05, 0.1) is 17.5 Å². The van der Waals surface area contributed by atoms with E-state index in [0.29, 0.717) is 24.8 Å². The number of H-pyrrole nitrogens is 2. The minimum Gasteiger partial charge on any atom is -0.356 e. The topological polar surface area (TPSA) is 90.6 Å². The average Bonchev–Trinajstić information content (AvgIpc) is 3.27. The van der Waals surface area contributed by atoms with Crippen molar-refractivity contribution in [3.63, 3.8) is 0 Å². The van der Waals surface area contributed by atoms with Gasteiger partial charge in [0.15, 0.2) is 0 Å². The van der Waals surface area contributed by atoms with Gasteiger partial charge in [-0.1, -0.05) is 12.1 Å². The van der Waals surface area contributed by atoms with Crippen molar-refractivity contribution < 1.29 is 4.79 Å². The van der Waals surface area contributed by atoms with Crippen molar-refractivity contribution in [1.29, 1.82) is 0 Å². The number of imidazole rings is 1. The predicted octanol–water partition coefficient (Wildman–Crippen LogP) is 1.71. The zero-order chi connectivity index (χ0) is 16.5. The van der Waals surface area contributed by atoms with Gasteiger partial charge in [-0.05, 0) is 47.6 Å². The number of rotatable bonds is 5. The zero-order valence-corrected chi connectivity index (χ0v) is 13.1. The Bertz CT molecular complexity index is 929. The number of nitrogens with one attached hydrogen (secondary N) is 3.